The van der Waals surface area contributed by atoms with E-state index in [0.717, 1.165) is 0 Å². The minimum Gasteiger partial charge on any atom is -0.469 e. The van der Waals surface area contributed by atoms with Crippen LogP contribution in [0.5, 0.6) is 5.75 Å². The van der Waals surface area contributed by atoms with Crippen molar-refractivity contribution in [1.29, 1.82) is 0 Å². The molecule has 1 amide bonds. The molecule has 0 spiro atoms. The predicted molar refractivity (Wildman–Crippen MR) is 76.1 cm³/mol. The summed E-state index contributed by atoms with van der Waals surface area (Å²) in [6.07, 6.45) is 0.247. The van der Waals surface area contributed by atoms with Gasteiger partial charge in [0.1, 0.15) is 5.75 Å². The highest BCUT2D eigenvalue weighted by Gasteiger charge is 2.14. The Balaban J connectivity index is 2.53. The van der Waals surface area contributed by atoms with Crippen LogP contribution in [-0.2, 0) is 24.8 Å². The number of methoxy groups -OCH3 is 1. The lowest BCUT2D eigenvalue weighted by Gasteiger charge is -2.10. The molecule has 1 rings (SSSR count). The number of esters is 1. The summed E-state index contributed by atoms with van der Waals surface area (Å²) >= 11 is 0. The number of nitrogens with one attached hydrogen (secondary N) is 1. The van der Waals surface area contributed by atoms with Gasteiger partial charge in [-0.1, -0.05) is 10.8 Å². The number of anilines is 1. The molecule has 1 atom stereocenters. The van der Waals surface area contributed by atoms with E-state index in [1.807, 2.05) is 0 Å². The van der Waals surface area contributed by atoms with E-state index in [9.17, 15) is 21.9 Å². The molecule has 122 valence electrons. The third kappa shape index (κ3) is 7.02. The second-order valence-electron chi connectivity index (χ2n) is 4.64. The Hall–Kier alpha value is -2.16. The molecule has 9 heteroatoms. The highest BCUT2D eigenvalue weighted by atomic mass is 32.3. The van der Waals surface area contributed by atoms with E-state index < -0.39 is 16.5 Å². The highest BCUT2D eigenvalue weighted by Crippen LogP contribution is 2.18. The van der Waals surface area contributed by atoms with Crippen LogP contribution in [0.4, 0.5) is 9.57 Å². The molecule has 1 N–H and O–H groups in total. The van der Waals surface area contributed by atoms with Crippen molar-refractivity contribution in [3.8, 4) is 5.75 Å². The molecule has 0 aliphatic heterocycles. The SMILES string of the molecule is COC(=O)CC(C)CC(=O)Nc1ccc(OS(=O)(=O)F)cc1. The lowest BCUT2D eigenvalue weighted by molar-refractivity contribution is -0.141. The third-order valence-electron chi connectivity index (χ3n) is 2.61. The van der Waals surface area contributed by atoms with E-state index in [0.29, 0.717) is 5.69 Å². The second-order valence-corrected chi connectivity index (χ2v) is 5.59. The van der Waals surface area contributed by atoms with Crippen molar-refractivity contribution in [3.05, 3.63) is 24.3 Å². The molecule has 1 unspecified atom stereocenters. The molecule has 0 saturated heterocycles. The predicted octanol–water partition coefficient (Wildman–Crippen LogP) is 1.81. The fourth-order valence-corrected chi connectivity index (χ4v) is 2.02. The number of ether oxygens (including phenoxy) is 1. The fourth-order valence-electron chi connectivity index (χ4n) is 1.68. The van der Waals surface area contributed by atoms with Gasteiger partial charge in [0, 0.05) is 18.5 Å². The van der Waals surface area contributed by atoms with Crippen LogP contribution in [0.1, 0.15) is 19.8 Å². The molecule has 0 aromatic heterocycles. The van der Waals surface area contributed by atoms with Crippen LogP contribution in [0, 0.1) is 5.92 Å². The summed E-state index contributed by atoms with van der Waals surface area (Å²) in [7, 11) is -3.80. The standard InChI is InChI=1S/C13H16FNO6S/c1-9(8-13(17)20-2)7-12(16)15-10-3-5-11(6-4-10)21-22(14,18)19/h3-6,9H,7-8H2,1-2H3,(H,15,16). The van der Waals surface area contributed by atoms with Crippen molar-refractivity contribution >= 4 is 28.1 Å². The van der Waals surface area contributed by atoms with E-state index >= 15 is 0 Å². The first-order valence-corrected chi connectivity index (χ1v) is 7.61. The number of halogens is 1. The zero-order chi connectivity index (χ0) is 16.8. The van der Waals surface area contributed by atoms with Gasteiger partial charge in [-0.25, -0.2) is 0 Å². The van der Waals surface area contributed by atoms with Crippen LogP contribution in [0.15, 0.2) is 24.3 Å². The smallest absolute Gasteiger partial charge is 0.469 e. The van der Waals surface area contributed by atoms with Gasteiger partial charge in [-0.3, -0.25) is 9.59 Å². The summed E-state index contributed by atoms with van der Waals surface area (Å²) in [5, 5.41) is 2.56. The average Bonchev–Trinajstić information content (AvgIpc) is 2.38. The van der Waals surface area contributed by atoms with E-state index in [1.165, 1.54) is 31.4 Å². The van der Waals surface area contributed by atoms with Crippen molar-refractivity contribution in [2.75, 3.05) is 12.4 Å². The van der Waals surface area contributed by atoms with Gasteiger partial charge in [0.25, 0.3) is 0 Å². The van der Waals surface area contributed by atoms with Crippen LogP contribution in [0.25, 0.3) is 0 Å². The Morgan fingerprint density at radius 2 is 1.82 bits per heavy atom. The van der Waals surface area contributed by atoms with E-state index in [-0.39, 0.29) is 30.4 Å². The summed E-state index contributed by atoms with van der Waals surface area (Å²) < 4.78 is 41.4. The maximum absolute atomic E-state index is 12.3. The van der Waals surface area contributed by atoms with E-state index in [2.05, 4.69) is 14.2 Å². The number of benzene rings is 1. The van der Waals surface area contributed by atoms with Crippen molar-refractivity contribution < 1.29 is 30.8 Å². The van der Waals surface area contributed by atoms with Crippen LogP contribution in [-0.4, -0.2) is 27.4 Å². The van der Waals surface area contributed by atoms with Crippen molar-refractivity contribution in [1.82, 2.24) is 0 Å². The lowest BCUT2D eigenvalue weighted by Crippen LogP contribution is -2.17. The number of carbonyl (C=O) groups is 2. The molecule has 1 aromatic carbocycles. The largest absolute Gasteiger partial charge is 0.488 e. The highest BCUT2D eigenvalue weighted by molar-refractivity contribution is 7.81. The maximum Gasteiger partial charge on any atom is 0.488 e. The quantitative estimate of drug-likeness (QED) is 0.603. The van der Waals surface area contributed by atoms with Crippen LogP contribution < -0.4 is 9.50 Å². The molecule has 0 aliphatic carbocycles. The molecule has 0 fully saturated rings. The summed E-state index contributed by atoms with van der Waals surface area (Å²) in [6.45, 7) is 1.74. The van der Waals surface area contributed by atoms with E-state index in [1.54, 1.807) is 6.92 Å². The summed E-state index contributed by atoms with van der Waals surface area (Å²) in [5.74, 6) is -1.11. The number of amides is 1. The molecular formula is C13H16FNO6S. The molecule has 0 saturated carbocycles. The van der Waals surface area contributed by atoms with Gasteiger partial charge in [0.15, 0.2) is 0 Å². The van der Waals surface area contributed by atoms with Crippen molar-refractivity contribution in [2.45, 2.75) is 19.8 Å². The molecule has 0 bridgehead atoms. The second kappa shape index (κ2) is 7.74. The Kier molecular flexibility index (Phi) is 6.29. The Bertz CT molecular complexity index is 628. The normalized spacial score (nSPS) is 12.3. The van der Waals surface area contributed by atoms with Gasteiger partial charge in [-0.2, -0.15) is 8.42 Å². The Morgan fingerprint density at radius 1 is 1.23 bits per heavy atom. The zero-order valence-electron chi connectivity index (χ0n) is 12.0. The van der Waals surface area contributed by atoms with Gasteiger partial charge in [0.2, 0.25) is 5.91 Å². The first-order chi connectivity index (χ1) is 10.2. The average molecular weight is 333 g/mol. The lowest BCUT2D eigenvalue weighted by atomic mass is 10.0. The van der Waals surface area contributed by atoms with Crippen LogP contribution in [0.3, 0.4) is 0 Å². The van der Waals surface area contributed by atoms with Gasteiger partial charge in [0.05, 0.1) is 7.11 Å². The molecule has 7 nitrogen and oxygen atoms in total. The van der Waals surface area contributed by atoms with Gasteiger partial charge < -0.3 is 14.2 Å². The summed E-state index contributed by atoms with van der Waals surface area (Å²) in [5.41, 5.74) is 0.388. The Labute approximate surface area is 127 Å². The van der Waals surface area contributed by atoms with Crippen LogP contribution >= 0.6 is 0 Å². The summed E-state index contributed by atoms with van der Waals surface area (Å²) in [4.78, 5) is 22.8. The number of carbonyl (C=O) groups excluding carboxylic acids is 2. The molecule has 0 aliphatic rings. The number of rotatable bonds is 7. The molecule has 22 heavy (non-hydrogen) atoms. The first-order valence-electron chi connectivity index (χ1n) is 6.30. The third-order valence-corrected chi connectivity index (χ3v) is 3.00. The molecular weight excluding hydrogens is 317 g/mol. The van der Waals surface area contributed by atoms with Crippen molar-refractivity contribution in [3.63, 3.8) is 0 Å². The van der Waals surface area contributed by atoms with Gasteiger partial charge in [-0.15, -0.1) is 0 Å². The molecule has 0 heterocycles. The minimum atomic E-state index is -5.07. The monoisotopic (exact) mass is 333 g/mol. The van der Waals surface area contributed by atoms with Crippen LogP contribution in [0.2, 0.25) is 0 Å². The van der Waals surface area contributed by atoms with Gasteiger partial charge in [-0.05, 0) is 30.2 Å². The maximum atomic E-state index is 12.3. The Morgan fingerprint density at radius 3 is 2.32 bits per heavy atom. The topological polar surface area (TPSA) is 98.8 Å². The molecule has 0 radical (unpaired) electrons. The first kappa shape index (κ1) is 17.9. The van der Waals surface area contributed by atoms with Crippen molar-refractivity contribution in [2.24, 2.45) is 5.92 Å². The molecule has 1 aromatic rings. The van der Waals surface area contributed by atoms with E-state index in [4.69, 9.17) is 0 Å². The minimum absolute atomic E-state index is 0.117. The number of hydrogen-bond acceptors (Lipinski definition) is 6. The van der Waals surface area contributed by atoms with Gasteiger partial charge >= 0.3 is 16.5 Å². The summed E-state index contributed by atoms with van der Waals surface area (Å²) in [6, 6.07) is 5.13. The zero-order valence-corrected chi connectivity index (χ0v) is 12.9. The fraction of sp³-hybridized carbons (Fsp3) is 0.385. The number of hydrogen-bond donors (Lipinski definition) is 1.